The first-order valence-electron chi connectivity index (χ1n) is 8.31. The van der Waals surface area contributed by atoms with E-state index >= 15 is 0 Å². The van der Waals surface area contributed by atoms with Crippen molar-refractivity contribution >= 4 is 12.6 Å². The Kier molecular flexibility index (Phi) is 4.26. The molecule has 0 aliphatic carbocycles. The van der Waals surface area contributed by atoms with Crippen LogP contribution in [0.2, 0.25) is 0 Å². The van der Waals surface area contributed by atoms with Crippen LogP contribution in [0.5, 0.6) is 0 Å². The summed E-state index contributed by atoms with van der Waals surface area (Å²) in [6.45, 7) is 9.71. The van der Waals surface area contributed by atoms with Gasteiger partial charge in [0.1, 0.15) is 0 Å². The Bertz CT molecular complexity index is 614. The summed E-state index contributed by atoms with van der Waals surface area (Å²) < 4.78 is 17.9. The molecule has 2 heterocycles. The van der Waals surface area contributed by atoms with Crippen LogP contribution in [-0.2, 0) is 14.0 Å². The van der Waals surface area contributed by atoms with Crippen molar-refractivity contribution in [2.75, 3.05) is 13.2 Å². The standard InChI is InChI=1S/C18H24BNO3/c1-17(2)18(3,4)23-19(22-17)16-9-13(11-20)8-15(10-16)14-6-5-7-21-12-14/h8-10,14H,5-7,12H2,1-4H3. The van der Waals surface area contributed by atoms with Crippen molar-refractivity contribution in [3.63, 3.8) is 0 Å². The second-order valence-electron chi connectivity index (χ2n) is 7.50. The number of hydrogen-bond donors (Lipinski definition) is 0. The van der Waals surface area contributed by atoms with E-state index in [1.165, 1.54) is 0 Å². The molecule has 0 N–H and O–H groups in total. The van der Waals surface area contributed by atoms with E-state index in [0.717, 1.165) is 37.1 Å². The molecule has 0 saturated carbocycles. The second-order valence-corrected chi connectivity index (χ2v) is 7.50. The van der Waals surface area contributed by atoms with E-state index in [1.807, 2.05) is 39.8 Å². The number of benzene rings is 1. The lowest BCUT2D eigenvalue weighted by molar-refractivity contribution is 0.00578. The van der Waals surface area contributed by atoms with Gasteiger partial charge in [-0.25, -0.2) is 0 Å². The smallest absolute Gasteiger partial charge is 0.399 e. The van der Waals surface area contributed by atoms with E-state index in [-0.39, 0.29) is 11.2 Å². The van der Waals surface area contributed by atoms with Crippen LogP contribution < -0.4 is 5.46 Å². The van der Waals surface area contributed by atoms with Crippen LogP contribution in [0.25, 0.3) is 0 Å². The van der Waals surface area contributed by atoms with Gasteiger partial charge in [0.2, 0.25) is 0 Å². The number of hydrogen-bond acceptors (Lipinski definition) is 4. The molecular weight excluding hydrogens is 289 g/mol. The van der Waals surface area contributed by atoms with Gasteiger partial charge < -0.3 is 14.0 Å². The van der Waals surface area contributed by atoms with Crippen molar-refractivity contribution in [1.29, 1.82) is 5.26 Å². The summed E-state index contributed by atoms with van der Waals surface area (Å²) in [7, 11) is -0.434. The zero-order valence-corrected chi connectivity index (χ0v) is 14.4. The van der Waals surface area contributed by atoms with Crippen LogP contribution in [0.3, 0.4) is 0 Å². The summed E-state index contributed by atoms with van der Waals surface area (Å²) in [5, 5.41) is 9.37. The molecule has 0 bridgehead atoms. The highest BCUT2D eigenvalue weighted by Crippen LogP contribution is 2.37. The topological polar surface area (TPSA) is 51.5 Å². The highest BCUT2D eigenvalue weighted by molar-refractivity contribution is 6.62. The normalized spacial score (nSPS) is 26.0. The summed E-state index contributed by atoms with van der Waals surface area (Å²) in [5.41, 5.74) is 1.96. The molecule has 1 atom stereocenters. The van der Waals surface area contributed by atoms with Gasteiger partial charge >= 0.3 is 7.12 Å². The van der Waals surface area contributed by atoms with E-state index < -0.39 is 7.12 Å². The molecule has 1 aromatic carbocycles. The third-order valence-corrected chi connectivity index (χ3v) is 5.26. The molecular formula is C18H24BNO3. The van der Waals surface area contributed by atoms with Crippen LogP contribution in [0, 0.1) is 11.3 Å². The fourth-order valence-electron chi connectivity index (χ4n) is 3.10. The average Bonchev–Trinajstić information content (AvgIpc) is 2.76. The highest BCUT2D eigenvalue weighted by Gasteiger charge is 2.51. The first-order chi connectivity index (χ1) is 10.8. The average molecular weight is 313 g/mol. The molecule has 3 rings (SSSR count). The Morgan fingerprint density at radius 1 is 1.13 bits per heavy atom. The van der Waals surface area contributed by atoms with Gasteiger partial charge in [-0.3, -0.25) is 0 Å². The van der Waals surface area contributed by atoms with Gasteiger partial charge in [-0.15, -0.1) is 0 Å². The Hall–Kier alpha value is -1.35. The number of nitriles is 1. The summed E-state index contributed by atoms with van der Waals surface area (Å²) in [6, 6.07) is 8.21. The summed E-state index contributed by atoms with van der Waals surface area (Å²) in [4.78, 5) is 0. The molecule has 1 aromatic rings. The Balaban J connectivity index is 1.92. The minimum absolute atomic E-state index is 0.346. The molecule has 23 heavy (non-hydrogen) atoms. The van der Waals surface area contributed by atoms with Crippen molar-refractivity contribution in [3.05, 3.63) is 29.3 Å². The minimum Gasteiger partial charge on any atom is -0.399 e. The molecule has 5 heteroatoms. The summed E-state index contributed by atoms with van der Waals surface area (Å²) >= 11 is 0. The molecule has 0 amide bonds. The van der Waals surface area contributed by atoms with Crippen molar-refractivity contribution in [3.8, 4) is 6.07 Å². The first-order valence-corrected chi connectivity index (χ1v) is 8.31. The minimum atomic E-state index is -0.434. The SMILES string of the molecule is CC1(C)OB(c2cc(C#N)cc(C3CCCOC3)c2)OC1(C)C. The van der Waals surface area contributed by atoms with E-state index in [1.54, 1.807) is 0 Å². The number of nitrogens with zero attached hydrogens (tertiary/aromatic N) is 1. The Morgan fingerprint density at radius 3 is 2.39 bits per heavy atom. The van der Waals surface area contributed by atoms with E-state index in [2.05, 4.69) is 12.1 Å². The van der Waals surface area contributed by atoms with Gasteiger partial charge in [0.05, 0.1) is 29.4 Å². The molecule has 2 aliphatic rings. The maximum absolute atomic E-state index is 9.37. The molecule has 0 spiro atoms. The fourth-order valence-corrected chi connectivity index (χ4v) is 3.10. The largest absolute Gasteiger partial charge is 0.494 e. The molecule has 2 fully saturated rings. The first kappa shape index (κ1) is 16.5. The van der Waals surface area contributed by atoms with Gasteiger partial charge in [-0.2, -0.15) is 5.26 Å². The zero-order chi connectivity index (χ0) is 16.7. The van der Waals surface area contributed by atoms with Crippen molar-refractivity contribution in [2.45, 2.75) is 57.7 Å². The quantitative estimate of drug-likeness (QED) is 0.788. The van der Waals surface area contributed by atoms with E-state index in [9.17, 15) is 5.26 Å². The lowest BCUT2D eigenvalue weighted by Crippen LogP contribution is -2.41. The predicted octanol–water partition coefficient (Wildman–Crippen LogP) is 2.75. The maximum Gasteiger partial charge on any atom is 0.494 e. The van der Waals surface area contributed by atoms with Crippen molar-refractivity contribution in [2.24, 2.45) is 0 Å². The third-order valence-electron chi connectivity index (χ3n) is 5.26. The molecule has 122 valence electrons. The van der Waals surface area contributed by atoms with Gasteiger partial charge in [-0.05, 0) is 63.7 Å². The number of ether oxygens (including phenoxy) is 1. The lowest BCUT2D eigenvalue weighted by Gasteiger charge is -2.32. The van der Waals surface area contributed by atoms with E-state index in [0.29, 0.717) is 11.5 Å². The van der Waals surface area contributed by atoms with Gasteiger partial charge in [0.25, 0.3) is 0 Å². The van der Waals surface area contributed by atoms with Gasteiger partial charge in [-0.1, -0.05) is 6.07 Å². The highest BCUT2D eigenvalue weighted by atomic mass is 16.7. The molecule has 2 aliphatic heterocycles. The van der Waals surface area contributed by atoms with Gasteiger partial charge in [0, 0.05) is 12.5 Å². The van der Waals surface area contributed by atoms with Crippen LogP contribution in [0.15, 0.2) is 18.2 Å². The Morgan fingerprint density at radius 2 is 1.83 bits per heavy atom. The third kappa shape index (κ3) is 3.17. The van der Waals surface area contributed by atoms with Crippen LogP contribution >= 0.6 is 0 Å². The van der Waals surface area contributed by atoms with Gasteiger partial charge in [0.15, 0.2) is 0 Å². The molecule has 4 nitrogen and oxygen atoms in total. The molecule has 0 radical (unpaired) electrons. The fraction of sp³-hybridized carbons (Fsp3) is 0.611. The lowest BCUT2D eigenvalue weighted by atomic mass is 9.76. The van der Waals surface area contributed by atoms with Crippen LogP contribution in [0.1, 0.15) is 57.6 Å². The monoisotopic (exact) mass is 313 g/mol. The predicted molar refractivity (Wildman–Crippen MR) is 89.7 cm³/mol. The van der Waals surface area contributed by atoms with Crippen molar-refractivity contribution < 1.29 is 14.0 Å². The Labute approximate surface area is 138 Å². The van der Waals surface area contributed by atoms with E-state index in [4.69, 9.17) is 14.0 Å². The molecule has 0 aromatic heterocycles. The zero-order valence-electron chi connectivity index (χ0n) is 14.4. The van der Waals surface area contributed by atoms with Crippen LogP contribution in [0.4, 0.5) is 0 Å². The number of rotatable bonds is 2. The molecule has 2 saturated heterocycles. The van der Waals surface area contributed by atoms with Crippen molar-refractivity contribution in [1.82, 2.24) is 0 Å². The summed E-state index contributed by atoms with van der Waals surface area (Å²) in [5.74, 6) is 0.346. The molecule has 1 unspecified atom stereocenters. The second kappa shape index (κ2) is 5.94. The summed E-state index contributed by atoms with van der Waals surface area (Å²) in [6.07, 6.45) is 2.16. The van der Waals surface area contributed by atoms with Crippen LogP contribution in [-0.4, -0.2) is 31.5 Å². The maximum atomic E-state index is 9.37.